The largest absolute Gasteiger partial charge is 0.495 e. The lowest BCUT2D eigenvalue weighted by Gasteiger charge is -2.36. The van der Waals surface area contributed by atoms with Crippen molar-refractivity contribution in [3.63, 3.8) is 0 Å². The number of aliphatic hydroxyl groups is 1. The van der Waals surface area contributed by atoms with Gasteiger partial charge in [-0.05, 0) is 43.6 Å². The second kappa shape index (κ2) is 6.73. The molecule has 1 aliphatic rings. The maximum atomic E-state index is 9.42. The molecule has 1 aromatic rings. The fourth-order valence-corrected chi connectivity index (χ4v) is 2.74. The smallest absolute Gasteiger partial charge is 0.173 e. The van der Waals surface area contributed by atoms with Crippen LogP contribution in [0.2, 0.25) is 0 Å². The number of para-hydroxylation sites is 2. The van der Waals surface area contributed by atoms with Crippen LogP contribution in [0.4, 0.5) is 5.69 Å². The molecular formula is C14H20N2O2S. The number of ether oxygens (including phenoxy) is 1. The lowest BCUT2D eigenvalue weighted by molar-refractivity contribution is 0.149. The van der Waals surface area contributed by atoms with Gasteiger partial charge in [0.05, 0.1) is 25.4 Å². The number of likely N-dealkylation sites (tertiary alicyclic amines) is 1. The Labute approximate surface area is 119 Å². The van der Waals surface area contributed by atoms with Crippen LogP contribution in [0.15, 0.2) is 24.3 Å². The van der Waals surface area contributed by atoms with Crippen LogP contribution in [0.5, 0.6) is 5.75 Å². The van der Waals surface area contributed by atoms with Crippen molar-refractivity contribution in [2.24, 2.45) is 0 Å². The van der Waals surface area contributed by atoms with Gasteiger partial charge in [0, 0.05) is 6.54 Å². The number of rotatable bonds is 3. The summed E-state index contributed by atoms with van der Waals surface area (Å²) in [5, 5.41) is 13.3. The zero-order valence-corrected chi connectivity index (χ0v) is 11.9. The zero-order chi connectivity index (χ0) is 13.7. The summed E-state index contributed by atoms with van der Waals surface area (Å²) in [4.78, 5) is 2.07. The molecule has 0 aromatic heterocycles. The lowest BCUT2D eigenvalue weighted by atomic mass is 10.0. The van der Waals surface area contributed by atoms with E-state index in [4.69, 9.17) is 17.0 Å². The summed E-state index contributed by atoms with van der Waals surface area (Å²) in [5.41, 5.74) is 0.859. The highest BCUT2D eigenvalue weighted by molar-refractivity contribution is 7.80. The van der Waals surface area contributed by atoms with Gasteiger partial charge in [-0.25, -0.2) is 0 Å². The lowest BCUT2D eigenvalue weighted by Crippen LogP contribution is -2.47. The minimum Gasteiger partial charge on any atom is -0.495 e. The number of thiocarbonyl (C=S) groups is 1. The number of piperidine rings is 1. The molecule has 19 heavy (non-hydrogen) atoms. The van der Waals surface area contributed by atoms with Gasteiger partial charge in [-0.1, -0.05) is 12.1 Å². The average Bonchev–Trinajstić information content (AvgIpc) is 2.47. The van der Waals surface area contributed by atoms with Crippen molar-refractivity contribution in [2.45, 2.75) is 25.3 Å². The topological polar surface area (TPSA) is 44.7 Å². The molecule has 0 aliphatic carbocycles. The van der Waals surface area contributed by atoms with Gasteiger partial charge in [-0.2, -0.15) is 0 Å². The van der Waals surface area contributed by atoms with Gasteiger partial charge in [0.25, 0.3) is 0 Å². The highest BCUT2D eigenvalue weighted by Gasteiger charge is 2.24. The molecule has 1 aliphatic heterocycles. The molecule has 5 heteroatoms. The fraction of sp³-hybridized carbons (Fsp3) is 0.500. The van der Waals surface area contributed by atoms with Crippen LogP contribution in [0.3, 0.4) is 0 Å². The molecule has 0 saturated carbocycles. The molecule has 4 nitrogen and oxygen atoms in total. The van der Waals surface area contributed by atoms with E-state index in [9.17, 15) is 5.11 Å². The first-order valence-electron chi connectivity index (χ1n) is 6.57. The van der Waals surface area contributed by atoms with E-state index in [1.54, 1.807) is 7.11 Å². The number of aliphatic hydroxyl groups excluding tert-OH is 1. The van der Waals surface area contributed by atoms with Crippen LogP contribution in [-0.4, -0.2) is 41.4 Å². The summed E-state index contributed by atoms with van der Waals surface area (Å²) in [5.74, 6) is 0.766. The average molecular weight is 280 g/mol. The Morgan fingerprint density at radius 3 is 3.00 bits per heavy atom. The Balaban J connectivity index is 2.07. The van der Waals surface area contributed by atoms with Crippen molar-refractivity contribution >= 4 is 23.0 Å². The van der Waals surface area contributed by atoms with Crippen LogP contribution >= 0.6 is 12.2 Å². The normalized spacial score (nSPS) is 19.1. The Bertz CT molecular complexity index is 439. The number of nitrogens with one attached hydrogen (secondary N) is 1. The third-order valence-electron chi connectivity index (χ3n) is 3.45. The summed E-state index contributed by atoms with van der Waals surface area (Å²) in [6.45, 7) is 1.04. The third-order valence-corrected chi connectivity index (χ3v) is 3.78. The molecule has 0 spiro atoms. The molecule has 0 amide bonds. The highest BCUT2D eigenvalue weighted by Crippen LogP contribution is 2.25. The summed E-state index contributed by atoms with van der Waals surface area (Å²) >= 11 is 5.46. The second-order valence-electron chi connectivity index (χ2n) is 4.66. The van der Waals surface area contributed by atoms with Crippen LogP contribution in [0.1, 0.15) is 19.3 Å². The first-order valence-corrected chi connectivity index (χ1v) is 6.98. The number of hydrogen-bond donors (Lipinski definition) is 2. The quantitative estimate of drug-likeness (QED) is 0.831. The first-order chi connectivity index (χ1) is 9.26. The van der Waals surface area contributed by atoms with E-state index >= 15 is 0 Å². The maximum Gasteiger partial charge on any atom is 0.173 e. The number of benzene rings is 1. The molecule has 0 unspecified atom stereocenters. The number of methoxy groups -OCH3 is 1. The molecular weight excluding hydrogens is 260 g/mol. The molecule has 104 valence electrons. The van der Waals surface area contributed by atoms with Gasteiger partial charge < -0.3 is 20.1 Å². The molecule has 2 N–H and O–H groups in total. The summed E-state index contributed by atoms with van der Waals surface area (Å²) in [7, 11) is 1.64. The first kappa shape index (κ1) is 14.1. The molecule has 1 heterocycles. The second-order valence-corrected chi connectivity index (χ2v) is 5.04. The molecule has 1 saturated heterocycles. The Kier molecular flexibility index (Phi) is 4.99. The van der Waals surface area contributed by atoms with Gasteiger partial charge in [-0.15, -0.1) is 0 Å². The Hall–Kier alpha value is -1.33. The third kappa shape index (κ3) is 3.36. The van der Waals surface area contributed by atoms with E-state index in [1.165, 1.54) is 0 Å². The molecule has 2 rings (SSSR count). The van der Waals surface area contributed by atoms with Crippen molar-refractivity contribution in [2.75, 3.05) is 25.6 Å². The van der Waals surface area contributed by atoms with Gasteiger partial charge >= 0.3 is 0 Å². The molecule has 1 fully saturated rings. The molecule has 1 aromatic carbocycles. The van der Waals surface area contributed by atoms with E-state index in [0.717, 1.165) is 37.2 Å². The molecule has 0 radical (unpaired) electrons. The summed E-state index contributed by atoms with van der Waals surface area (Å²) in [6.07, 6.45) is 3.26. The van der Waals surface area contributed by atoms with E-state index in [-0.39, 0.29) is 12.6 Å². The van der Waals surface area contributed by atoms with Gasteiger partial charge in [0.2, 0.25) is 0 Å². The van der Waals surface area contributed by atoms with Crippen molar-refractivity contribution in [1.82, 2.24) is 4.90 Å². The van der Waals surface area contributed by atoms with Gasteiger partial charge in [0.15, 0.2) is 5.11 Å². The maximum absolute atomic E-state index is 9.42. The summed E-state index contributed by atoms with van der Waals surface area (Å²) in [6, 6.07) is 7.81. The highest BCUT2D eigenvalue weighted by atomic mass is 32.1. The van der Waals surface area contributed by atoms with Crippen molar-refractivity contribution in [3.05, 3.63) is 24.3 Å². The van der Waals surface area contributed by atoms with Crippen LogP contribution < -0.4 is 10.1 Å². The number of anilines is 1. The van der Waals surface area contributed by atoms with Crippen LogP contribution in [-0.2, 0) is 0 Å². The monoisotopic (exact) mass is 280 g/mol. The predicted molar refractivity (Wildman–Crippen MR) is 80.6 cm³/mol. The van der Waals surface area contributed by atoms with E-state index in [1.807, 2.05) is 24.3 Å². The van der Waals surface area contributed by atoms with Gasteiger partial charge in [0.1, 0.15) is 5.75 Å². The van der Waals surface area contributed by atoms with Crippen LogP contribution in [0.25, 0.3) is 0 Å². The van der Waals surface area contributed by atoms with Gasteiger partial charge in [-0.3, -0.25) is 0 Å². The zero-order valence-electron chi connectivity index (χ0n) is 11.1. The van der Waals surface area contributed by atoms with E-state index in [0.29, 0.717) is 5.11 Å². The van der Waals surface area contributed by atoms with Crippen LogP contribution in [0, 0.1) is 0 Å². The number of hydrogen-bond acceptors (Lipinski definition) is 3. The Morgan fingerprint density at radius 2 is 2.26 bits per heavy atom. The van der Waals surface area contributed by atoms with E-state index < -0.39 is 0 Å². The Morgan fingerprint density at radius 1 is 1.47 bits per heavy atom. The minimum absolute atomic E-state index is 0.128. The fourth-order valence-electron chi connectivity index (χ4n) is 2.39. The van der Waals surface area contributed by atoms with Crippen molar-refractivity contribution in [1.29, 1.82) is 0 Å². The molecule has 0 bridgehead atoms. The minimum atomic E-state index is 0.128. The standard InChI is InChI=1S/C14H20N2O2S/c1-18-13-8-3-2-7-12(13)15-14(19)16-9-5-4-6-11(16)10-17/h2-3,7-8,11,17H,4-6,9-10H2,1H3,(H,15,19)/t11-/m1/s1. The predicted octanol–water partition coefficient (Wildman–Crippen LogP) is 2.24. The molecule has 1 atom stereocenters. The SMILES string of the molecule is COc1ccccc1NC(=S)N1CCCC[C@@H]1CO. The number of nitrogens with zero attached hydrogens (tertiary/aromatic N) is 1. The summed E-state index contributed by atoms with van der Waals surface area (Å²) < 4.78 is 5.30. The van der Waals surface area contributed by atoms with Crippen molar-refractivity contribution in [3.8, 4) is 5.75 Å². The van der Waals surface area contributed by atoms with E-state index in [2.05, 4.69) is 10.2 Å². The van der Waals surface area contributed by atoms with Crippen molar-refractivity contribution < 1.29 is 9.84 Å².